The number of hydrogen-bond acceptors (Lipinski definition) is 3. The summed E-state index contributed by atoms with van der Waals surface area (Å²) in [5, 5.41) is 0. The lowest BCUT2D eigenvalue weighted by Crippen LogP contribution is -2.33. The maximum absolute atomic E-state index is 13.8. The molecule has 0 spiro atoms. The van der Waals surface area contributed by atoms with Gasteiger partial charge in [-0.3, -0.25) is 9.59 Å². The third-order valence-corrected chi connectivity index (χ3v) is 6.63. The first-order valence-electron chi connectivity index (χ1n) is 13.4. The summed E-state index contributed by atoms with van der Waals surface area (Å²) in [6.45, 7) is 1.73. The van der Waals surface area contributed by atoms with Crippen LogP contribution in [0.25, 0.3) is 0 Å². The summed E-state index contributed by atoms with van der Waals surface area (Å²) in [4.78, 5) is 35.8. The van der Waals surface area contributed by atoms with Crippen LogP contribution in [0.15, 0.2) is 140 Å². The smallest absolute Gasteiger partial charge is 0.273 e. The van der Waals surface area contributed by atoms with Gasteiger partial charge in [-0.15, -0.1) is 0 Å². The molecule has 0 saturated carbocycles. The molecule has 0 bridgehead atoms. The van der Waals surface area contributed by atoms with Crippen LogP contribution in [0.3, 0.4) is 0 Å². The van der Waals surface area contributed by atoms with Crippen molar-refractivity contribution >= 4 is 11.8 Å². The van der Waals surface area contributed by atoms with Crippen molar-refractivity contribution in [2.75, 3.05) is 0 Å². The molecule has 0 aliphatic heterocycles. The van der Waals surface area contributed by atoms with Crippen molar-refractivity contribution in [1.82, 2.24) is 14.8 Å². The van der Waals surface area contributed by atoms with E-state index in [-0.39, 0.29) is 23.2 Å². The van der Waals surface area contributed by atoms with Crippen LogP contribution in [0.2, 0.25) is 0 Å². The second-order valence-electron chi connectivity index (χ2n) is 9.67. The van der Waals surface area contributed by atoms with Gasteiger partial charge in [0.05, 0.1) is 0 Å². The van der Waals surface area contributed by atoms with Crippen LogP contribution >= 0.6 is 0 Å². The number of pyridine rings is 1. The van der Waals surface area contributed by atoms with Gasteiger partial charge in [-0.05, 0) is 34.4 Å². The van der Waals surface area contributed by atoms with Crippen molar-refractivity contribution in [3.05, 3.63) is 173 Å². The molecule has 0 saturated heterocycles. The maximum Gasteiger partial charge on any atom is 0.273 e. The average Bonchev–Trinajstić information content (AvgIpc) is 3.02. The van der Waals surface area contributed by atoms with Crippen molar-refractivity contribution in [2.45, 2.75) is 26.2 Å². The van der Waals surface area contributed by atoms with E-state index in [0.29, 0.717) is 26.2 Å². The van der Waals surface area contributed by atoms with Crippen molar-refractivity contribution in [1.29, 1.82) is 0 Å². The van der Waals surface area contributed by atoms with Gasteiger partial charge < -0.3 is 9.80 Å². The number of amides is 2. The molecule has 5 nitrogen and oxygen atoms in total. The lowest BCUT2D eigenvalue weighted by Gasteiger charge is -2.24. The third kappa shape index (κ3) is 7.08. The van der Waals surface area contributed by atoms with E-state index in [2.05, 4.69) is 4.98 Å². The molecule has 0 atom stereocenters. The highest BCUT2D eigenvalue weighted by molar-refractivity contribution is 5.96. The molecule has 0 radical (unpaired) electrons. The zero-order chi connectivity index (χ0) is 27.6. The van der Waals surface area contributed by atoms with Gasteiger partial charge in [0.1, 0.15) is 11.4 Å². The summed E-state index contributed by atoms with van der Waals surface area (Å²) in [5.41, 5.74) is 4.59. The Morgan fingerprint density at radius 2 is 0.675 bits per heavy atom. The lowest BCUT2D eigenvalue weighted by molar-refractivity contribution is 0.0715. The molecule has 198 valence electrons. The van der Waals surface area contributed by atoms with Gasteiger partial charge in [0.15, 0.2) is 0 Å². The first-order valence-corrected chi connectivity index (χ1v) is 13.4. The minimum atomic E-state index is -0.222. The van der Waals surface area contributed by atoms with Gasteiger partial charge in [-0.25, -0.2) is 4.98 Å². The highest BCUT2D eigenvalue weighted by atomic mass is 16.2. The normalized spacial score (nSPS) is 10.6. The molecule has 4 aromatic carbocycles. The van der Waals surface area contributed by atoms with Crippen molar-refractivity contribution in [3.63, 3.8) is 0 Å². The van der Waals surface area contributed by atoms with E-state index < -0.39 is 0 Å². The molecule has 0 unspecified atom stereocenters. The quantitative estimate of drug-likeness (QED) is 0.202. The monoisotopic (exact) mass is 525 g/mol. The second kappa shape index (κ2) is 13.2. The molecular formula is C35H31N3O2. The Morgan fingerprint density at radius 3 is 0.950 bits per heavy atom. The molecule has 1 heterocycles. The summed E-state index contributed by atoms with van der Waals surface area (Å²) < 4.78 is 0. The summed E-state index contributed by atoms with van der Waals surface area (Å²) >= 11 is 0. The van der Waals surface area contributed by atoms with Crippen molar-refractivity contribution in [3.8, 4) is 0 Å². The summed E-state index contributed by atoms with van der Waals surface area (Å²) in [7, 11) is 0. The summed E-state index contributed by atoms with van der Waals surface area (Å²) in [5.74, 6) is -0.444. The van der Waals surface area contributed by atoms with Gasteiger partial charge in [0.25, 0.3) is 11.8 Å². The zero-order valence-corrected chi connectivity index (χ0v) is 22.3. The van der Waals surface area contributed by atoms with Crippen molar-refractivity contribution < 1.29 is 9.59 Å². The Kier molecular flexibility index (Phi) is 8.74. The number of nitrogens with zero attached hydrogens (tertiary/aromatic N) is 3. The molecular weight excluding hydrogens is 494 g/mol. The van der Waals surface area contributed by atoms with E-state index in [1.165, 1.54) is 0 Å². The predicted octanol–water partition coefficient (Wildman–Crippen LogP) is 6.77. The van der Waals surface area contributed by atoms with Gasteiger partial charge in [-0.2, -0.15) is 0 Å². The molecule has 1 aromatic heterocycles. The lowest BCUT2D eigenvalue weighted by atomic mass is 10.1. The average molecular weight is 526 g/mol. The number of benzene rings is 4. The minimum absolute atomic E-state index is 0.222. The van der Waals surface area contributed by atoms with Gasteiger partial charge in [0, 0.05) is 26.2 Å². The third-order valence-electron chi connectivity index (χ3n) is 6.63. The number of rotatable bonds is 10. The standard InChI is InChI=1S/C35H31N3O2/c39-34(37(24-28-14-5-1-6-15-28)25-29-16-7-2-8-17-29)32-22-13-23-33(36-32)35(40)38(26-30-18-9-3-10-19-30)27-31-20-11-4-12-21-31/h1-23H,24-27H2. The van der Waals surface area contributed by atoms with Crippen molar-refractivity contribution in [2.24, 2.45) is 0 Å². The van der Waals surface area contributed by atoms with Crippen LogP contribution in [0.4, 0.5) is 0 Å². The summed E-state index contributed by atoms with van der Waals surface area (Å²) in [6.07, 6.45) is 0. The zero-order valence-electron chi connectivity index (χ0n) is 22.3. The molecule has 5 heteroatoms. The Hall–Kier alpha value is -5.03. The van der Waals surface area contributed by atoms with Crippen LogP contribution in [-0.2, 0) is 26.2 Å². The topological polar surface area (TPSA) is 53.5 Å². The van der Waals surface area contributed by atoms with E-state index in [0.717, 1.165) is 22.3 Å². The van der Waals surface area contributed by atoms with E-state index in [4.69, 9.17) is 0 Å². The second-order valence-corrected chi connectivity index (χ2v) is 9.67. The molecule has 0 N–H and O–H groups in total. The number of aromatic nitrogens is 1. The van der Waals surface area contributed by atoms with Crippen LogP contribution in [0.5, 0.6) is 0 Å². The van der Waals surface area contributed by atoms with Gasteiger partial charge >= 0.3 is 0 Å². The van der Waals surface area contributed by atoms with Crippen LogP contribution in [0.1, 0.15) is 43.2 Å². The van der Waals surface area contributed by atoms with Crippen LogP contribution < -0.4 is 0 Å². The number of carbonyl (C=O) groups excluding carboxylic acids is 2. The Bertz CT molecular complexity index is 1330. The highest BCUT2D eigenvalue weighted by Gasteiger charge is 2.22. The van der Waals surface area contributed by atoms with E-state index in [1.54, 1.807) is 28.0 Å². The maximum atomic E-state index is 13.8. The Morgan fingerprint density at radius 1 is 0.400 bits per heavy atom. The van der Waals surface area contributed by atoms with Crippen LogP contribution in [0, 0.1) is 0 Å². The fraction of sp³-hybridized carbons (Fsp3) is 0.114. The highest BCUT2D eigenvalue weighted by Crippen LogP contribution is 2.17. The predicted molar refractivity (Wildman–Crippen MR) is 157 cm³/mol. The Labute approximate surface area is 235 Å². The fourth-order valence-electron chi connectivity index (χ4n) is 4.61. The van der Waals surface area contributed by atoms with E-state index >= 15 is 0 Å². The first kappa shape index (κ1) is 26.6. The number of hydrogen-bond donors (Lipinski definition) is 0. The SMILES string of the molecule is O=C(c1cccc(C(=O)N(Cc2ccccc2)Cc2ccccc2)n1)N(Cc1ccccc1)Cc1ccccc1. The molecule has 2 amide bonds. The van der Waals surface area contributed by atoms with Gasteiger partial charge in [-0.1, -0.05) is 127 Å². The van der Waals surface area contributed by atoms with E-state index in [1.807, 2.05) is 121 Å². The fourth-order valence-corrected chi connectivity index (χ4v) is 4.61. The molecule has 0 aliphatic carbocycles. The summed E-state index contributed by atoms with van der Waals surface area (Å²) in [6, 6.07) is 44.7. The molecule has 40 heavy (non-hydrogen) atoms. The number of carbonyl (C=O) groups is 2. The molecule has 0 aliphatic rings. The van der Waals surface area contributed by atoms with E-state index in [9.17, 15) is 9.59 Å². The molecule has 5 aromatic rings. The first-order chi connectivity index (χ1) is 19.7. The molecule has 0 fully saturated rings. The van der Waals surface area contributed by atoms with Gasteiger partial charge in [0.2, 0.25) is 0 Å². The van der Waals surface area contributed by atoms with Crippen LogP contribution in [-0.4, -0.2) is 26.6 Å². The minimum Gasteiger partial charge on any atom is -0.329 e. The Balaban J connectivity index is 1.41. The largest absolute Gasteiger partial charge is 0.329 e. The molecule has 5 rings (SSSR count).